The van der Waals surface area contributed by atoms with Crippen molar-refractivity contribution in [2.45, 2.75) is 0 Å². The largest absolute Gasteiger partial charge is 0.455 e. The summed E-state index contributed by atoms with van der Waals surface area (Å²) in [6, 6.07) is 92.5. The molecule has 3 nitrogen and oxygen atoms in total. The Morgan fingerprint density at radius 1 is 0.290 bits per heavy atom. The maximum absolute atomic E-state index is 6.52. The van der Waals surface area contributed by atoms with Crippen molar-refractivity contribution in [2.75, 3.05) is 4.90 Å². The topological polar surface area (TPSA) is 21.3 Å². The minimum absolute atomic E-state index is 0.896. The molecule has 69 heavy (non-hydrogen) atoms. The Morgan fingerprint density at radius 3 is 1.70 bits per heavy atom. The highest BCUT2D eigenvalue weighted by molar-refractivity contribution is 6.13. The number of benzene rings is 12. The molecule has 0 N–H and O–H groups in total. The first-order valence-electron chi connectivity index (χ1n) is 23.6. The van der Waals surface area contributed by atoms with E-state index in [1.54, 1.807) is 0 Å². The predicted octanol–water partition coefficient (Wildman–Crippen LogP) is 18.6. The van der Waals surface area contributed by atoms with E-state index in [1.807, 2.05) is 0 Å². The second-order valence-electron chi connectivity index (χ2n) is 18.1. The molecular weight excluding hydrogens is 837 g/mol. The molecule has 0 fully saturated rings. The van der Waals surface area contributed by atoms with Gasteiger partial charge in [0.2, 0.25) is 0 Å². The Kier molecular flexibility index (Phi) is 8.90. The van der Waals surface area contributed by atoms with Crippen LogP contribution in [0.2, 0.25) is 0 Å². The summed E-state index contributed by atoms with van der Waals surface area (Å²) >= 11 is 0. The number of nitrogens with zero attached hydrogens (tertiary/aromatic N) is 2. The number of fused-ring (bicyclic) bond motifs is 10. The predicted molar refractivity (Wildman–Crippen MR) is 292 cm³/mol. The molecule has 0 unspecified atom stereocenters. The molecule has 14 rings (SSSR count). The molecular formula is C66H42N2O. The number of anilines is 3. The smallest absolute Gasteiger partial charge is 0.143 e. The number of rotatable bonds is 7. The summed E-state index contributed by atoms with van der Waals surface area (Å²) < 4.78 is 8.91. The highest BCUT2D eigenvalue weighted by atomic mass is 16.3. The van der Waals surface area contributed by atoms with Crippen LogP contribution in [0.1, 0.15) is 0 Å². The SMILES string of the molecule is c1ccc(-c2cccc3c2oc2ccc(-c4ccc5c(ccc6cc(N(c7ccc(-c8cccc9ccccc89)cc7)c7ccc8c9ccccc9n(-c9ccccc9)c8c7)ccc65)c4)cc23)cc1. The second-order valence-corrected chi connectivity index (χ2v) is 18.1. The van der Waals surface area contributed by atoms with Crippen LogP contribution in [0.15, 0.2) is 259 Å². The van der Waals surface area contributed by atoms with Crippen molar-refractivity contribution in [1.82, 2.24) is 4.57 Å². The van der Waals surface area contributed by atoms with Gasteiger partial charge in [0.05, 0.1) is 11.0 Å². The minimum atomic E-state index is 0.896. The maximum atomic E-state index is 6.52. The number of hydrogen-bond acceptors (Lipinski definition) is 2. The zero-order valence-electron chi connectivity index (χ0n) is 37.6. The lowest BCUT2D eigenvalue weighted by Crippen LogP contribution is -2.10. The van der Waals surface area contributed by atoms with E-state index in [2.05, 4.69) is 264 Å². The molecule has 2 aromatic heterocycles. The molecule has 14 aromatic rings. The number of hydrogen-bond donors (Lipinski definition) is 0. The number of aromatic nitrogens is 1. The molecule has 0 atom stereocenters. The highest BCUT2D eigenvalue weighted by Gasteiger charge is 2.19. The molecule has 0 aliphatic carbocycles. The molecule has 0 aliphatic heterocycles. The summed E-state index contributed by atoms with van der Waals surface area (Å²) in [6.45, 7) is 0. The molecule has 0 bridgehead atoms. The zero-order valence-corrected chi connectivity index (χ0v) is 37.6. The maximum Gasteiger partial charge on any atom is 0.143 e. The summed E-state index contributed by atoms with van der Waals surface area (Å²) in [7, 11) is 0. The average molecular weight is 879 g/mol. The standard InChI is InChI=1S/C66H42N2O/c1-3-13-44(14-4-1)58-22-12-23-61-62-41-47(30-38-65(62)69-66(58)61)46-29-35-56-48(39-46)25-26-49-40-52(33-36-57(49)56)67(51-31-27-45(28-32-51)55-21-11-16-43-15-7-8-19-54(43)55)53-34-37-60-59-20-9-10-24-63(59)68(64(60)42-53)50-17-5-2-6-18-50/h1-42H. The number of furan rings is 1. The van der Waals surface area contributed by atoms with Gasteiger partial charge in [-0.25, -0.2) is 0 Å². The van der Waals surface area contributed by atoms with Crippen molar-refractivity contribution in [3.8, 4) is 39.1 Å². The minimum Gasteiger partial charge on any atom is -0.455 e. The van der Waals surface area contributed by atoms with E-state index in [-0.39, 0.29) is 0 Å². The van der Waals surface area contributed by atoms with Crippen LogP contribution in [-0.2, 0) is 0 Å². The first kappa shape index (κ1) is 39.0. The fourth-order valence-corrected chi connectivity index (χ4v) is 10.9. The van der Waals surface area contributed by atoms with Crippen LogP contribution in [0.5, 0.6) is 0 Å². The van der Waals surface area contributed by atoms with Crippen LogP contribution >= 0.6 is 0 Å². The van der Waals surface area contributed by atoms with E-state index in [0.29, 0.717) is 0 Å². The molecule has 0 radical (unpaired) electrons. The van der Waals surface area contributed by atoms with E-state index >= 15 is 0 Å². The monoisotopic (exact) mass is 878 g/mol. The van der Waals surface area contributed by atoms with E-state index in [1.165, 1.54) is 65.3 Å². The van der Waals surface area contributed by atoms with Crippen LogP contribution in [-0.4, -0.2) is 4.57 Å². The van der Waals surface area contributed by atoms with Crippen LogP contribution < -0.4 is 4.90 Å². The Hall–Kier alpha value is -9.18. The Labute approximate surface area is 399 Å². The van der Waals surface area contributed by atoms with Gasteiger partial charge in [0.25, 0.3) is 0 Å². The summed E-state index contributed by atoms with van der Waals surface area (Å²) in [5.74, 6) is 0. The van der Waals surface area contributed by atoms with Crippen molar-refractivity contribution in [1.29, 1.82) is 0 Å². The lowest BCUT2D eigenvalue weighted by atomic mass is 9.96. The van der Waals surface area contributed by atoms with Crippen molar-refractivity contribution in [3.05, 3.63) is 255 Å². The molecule has 3 heteroatoms. The summed E-state index contributed by atoms with van der Waals surface area (Å²) in [4.78, 5) is 2.41. The van der Waals surface area contributed by atoms with Gasteiger partial charge in [-0.05, 0) is 133 Å². The summed E-state index contributed by atoms with van der Waals surface area (Å²) in [5, 5.41) is 12.0. The van der Waals surface area contributed by atoms with Gasteiger partial charge in [0, 0.05) is 49.9 Å². The summed E-state index contributed by atoms with van der Waals surface area (Å²) in [5.41, 5.74) is 15.6. The second kappa shape index (κ2) is 15.7. The van der Waals surface area contributed by atoms with Gasteiger partial charge in [0.1, 0.15) is 11.2 Å². The highest BCUT2D eigenvalue weighted by Crippen LogP contribution is 2.43. The number of para-hydroxylation sites is 3. The van der Waals surface area contributed by atoms with Crippen LogP contribution in [0, 0.1) is 0 Å². The van der Waals surface area contributed by atoms with Crippen LogP contribution in [0.25, 0.3) is 115 Å². The Balaban J connectivity index is 0.883. The van der Waals surface area contributed by atoms with Gasteiger partial charge in [-0.15, -0.1) is 0 Å². The average Bonchev–Trinajstić information content (AvgIpc) is 3.96. The van der Waals surface area contributed by atoms with Crippen LogP contribution in [0.4, 0.5) is 17.1 Å². The van der Waals surface area contributed by atoms with Crippen molar-refractivity contribution >= 4 is 93.1 Å². The molecule has 12 aromatic carbocycles. The summed E-state index contributed by atoms with van der Waals surface area (Å²) in [6.07, 6.45) is 0. The van der Waals surface area contributed by atoms with Gasteiger partial charge in [-0.2, -0.15) is 0 Å². The van der Waals surface area contributed by atoms with E-state index in [4.69, 9.17) is 4.42 Å². The van der Waals surface area contributed by atoms with Crippen molar-refractivity contribution < 1.29 is 4.42 Å². The first-order valence-corrected chi connectivity index (χ1v) is 23.6. The fourth-order valence-electron chi connectivity index (χ4n) is 10.9. The van der Waals surface area contributed by atoms with Gasteiger partial charge in [0.15, 0.2) is 0 Å². The third-order valence-electron chi connectivity index (χ3n) is 14.1. The zero-order chi connectivity index (χ0) is 45.4. The molecule has 0 saturated heterocycles. The molecule has 0 spiro atoms. The fraction of sp³-hybridized carbons (Fsp3) is 0. The Morgan fingerprint density at radius 2 is 0.855 bits per heavy atom. The van der Waals surface area contributed by atoms with Gasteiger partial charge >= 0.3 is 0 Å². The van der Waals surface area contributed by atoms with Gasteiger partial charge < -0.3 is 13.9 Å². The van der Waals surface area contributed by atoms with Crippen molar-refractivity contribution in [3.63, 3.8) is 0 Å². The lowest BCUT2D eigenvalue weighted by molar-refractivity contribution is 0.670. The van der Waals surface area contributed by atoms with E-state index in [9.17, 15) is 0 Å². The lowest BCUT2D eigenvalue weighted by Gasteiger charge is -2.26. The Bertz CT molecular complexity index is 4290. The van der Waals surface area contributed by atoms with Crippen molar-refractivity contribution in [2.24, 2.45) is 0 Å². The third-order valence-corrected chi connectivity index (χ3v) is 14.1. The first-order chi connectivity index (χ1) is 34.2. The molecule has 2 heterocycles. The van der Waals surface area contributed by atoms with Gasteiger partial charge in [-0.1, -0.05) is 182 Å². The van der Waals surface area contributed by atoms with Crippen LogP contribution in [0.3, 0.4) is 0 Å². The normalized spacial score (nSPS) is 11.8. The third kappa shape index (κ3) is 6.43. The quantitative estimate of drug-likeness (QED) is 0.149. The molecule has 0 saturated carbocycles. The molecule has 0 amide bonds. The molecule has 0 aliphatic rings. The van der Waals surface area contributed by atoms with E-state index < -0.39 is 0 Å². The van der Waals surface area contributed by atoms with Gasteiger partial charge in [-0.3, -0.25) is 0 Å². The van der Waals surface area contributed by atoms with E-state index in [0.717, 1.165) is 66.9 Å². The molecule has 322 valence electrons.